The quantitative estimate of drug-likeness (QED) is 0.298. The minimum Gasteiger partial charge on any atom is -0.455 e. The van der Waals surface area contributed by atoms with E-state index in [4.69, 9.17) is 4.42 Å². The van der Waals surface area contributed by atoms with E-state index in [0.29, 0.717) is 5.92 Å². The van der Waals surface area contributed by atoms with Gasteiger partial charge in [-0.2, -0.15) is 0 Å². The van der Waals surface area contributed by atoms with E-state index < -0.39 is 0 Å². The van der Waals surface area contributed by atoms with Gasteiger partial charge in [0.25, 0.3) is 0 Å². The number of aryl methyl sites for hydroxylation is 2. The lowest BCUT2D eigenvalue weighted by Crippen LogP contribution is -2.33. The van der Waals surface area contributed by atoms with Crippen molar-refractivity contribution in [1.29, 1.82) is 0 Å². The second kappa shape index (κ2) is 6.94. The maximum atomic E-state index is 6.69. The number of hydrogen-bond donors (Lipinski definition) is 0. The lowest BCUT2D eigenvalue weighted by molar-refractivity contribution is -0.660. The van der Waals surface area contributed by atoms with E-state index in [0.717, 1.165) is 11.2 Å². The average Bonchev–Trinajstić information content (AvgIpc) is 3.10. The predicted molar refractivity (Wildman–Crippen MR) is 134 cm³/mol. The van der Waals surface area contributed by atoms with Gasteiger partial charge >= 0.3 is 0 Å². The standard InChI is InChI=1S/C30H36NO/c1-18(2)20-13-16-31(8)23(17-20)25-19(3)9-10-21-26-24(32-28(21)25)12-11-22-27(26)30(6,7)15-14-29(22,4)5/h9-13,16-18H,14-15H2,1-8H3/q+1. The molecule has 0 radical (unpaired) electrons. The summed E-state index contributed by atoms with van der Waals surface area (Å²) in [5, 5.41) is 2.57. The minimum absolute atomic E-state index is 0.133. The van der Waals surface area contributed by atoms with Crippen molar-refractivity contribution in [3.8, 4) is 11.3 Å². The first-order valence-corrected chi connectivity index (χ1v) is 12.0. The van der Waals surface area contributed by atoms with E-state index >= 15 is 0 Å². The van der Waals surface area contributed by atoms with Gasteiger partial charge in [-0.1, -0.05) is 59.7 Å². The molecule has 2 heteroatoms. The zero-order valence-corrected chi connectivity index (χ0v) is 20.9. The highest BCUT2D eigenvalue weighted by atomic mass is 16.3. The van der Waals surface area contributed by atoms with Crippen molar-refractivity contribution >= 4 is 21.9 Å². The molecule has 2 aromatic carbocycles. The molecule has 4 aromatic rings. The van der Waals surface area contributed by atoms with E-state index in [1.54, 1.807) is 0 Å². The lowest BCUT2D eigenvalue weighted by Gasteiger charge is -2.42. The number of fused-ring (bicyclic) bond motifs is 5. The van der Waals surface area contributed by atoms with Crippen molar-refractivity contribution in [2.24, 2.45) is 7.05 Å². The Labute approximate surface area is 192 Å². The number of benzene rings is 2. The third kappa shape index (κ3) is 3.03. The SMILES string of the molecule is Cc1ccc2c(oc3ccc4c(c32)C(C)(C)CCC4(C)C)c1-c1cc(C(C)C)cc[n+]1C. The molecule has 2 heterocycles. The molecule has 0 saturated carbocycles. The molecule has 0 unspecified atom stereocenters. The maximum Gasteiger partial charge on any atom is 0.216 e. The Morgan fingerprint density at radius 1 is 0.938 bits per heavy atom. The topological polar surface area (TPSA) is 17.0 Å². The molecule has 0 spiro atoms. The van der Waals surface area contributed by atoms with Gasteiger partial charge in [-0.25, -0.2) is 4.57 Å². The van der Waals surface area contributed by atoms with Gasteiger partial charge < -0.3 is 4.42 Å². The van der Waals surface area contributed by atoms with Gasteiger partial charge in [0.1, 0.15) is 18.2 Å². The number of furan rings is 1. The monoisotopic (exact) mass is 426 g/mol. The van der Waals surface area contributed by atoms with Crippen LogP contribution in [0.15, 0.2) is 47.0 Å². The van der Waals surface area contributed by atoms with Crippen LogP contribution in [0.25, 0.3) is 33.2 Å². The summed E-state index contributed by atoms with van der Waals surface area (Å²) in [6.07, 6.45) is 4.60. The first-order valence-electron chi connectivity index (χ1n) is 12.0. The fraction of sp³-hybridized carbons (Fsp3) is 0.433. The van der Waals surface area contributed by atoms with E-state index in [9.17, 15) is 0 Å². The summed E-state index contributed by atoms with van der Waals surface area (Å²) in [7, 11) is 2.13. The number of pyridine rings is 1. The predicted octanol–water partition coefficient (Wildman–Crippen LogP) is 7.86. The summed E-state index contributed by atoms with van der Waals surface area (Å²) in [6.45, 7) is 16.3. The van der Waals surface area contributed by atoms with Crippen LogP contribution in [-0.2, 0) is 17.9 Å². The summed E-state index contributed by atoms with van der Waals surface area (Å²) >= 11 is 0. The van der Waals surface area contributed by atoms with Crippen LogP contribution in [0.2, 0.25) is 0 Å². The van der Waals surface area contributed by atoms with Crippen molar-refractivity contribution in [3.05, 3.63) is 64.8 Å². The van der Waals surface area contributed by atoms with Crippen LogP contribution in [0.4, 0.5) is 0 Å². The summed E-state index contributed by atoms with van der Waals surface area (Å²) in [4.78, 5) is 0. The molecule has 0 aliphatic heterocycles. The molecule has 0 atom stereocenters. The van der Waals surface area contributed by atoms with Gasteiger partial charge in [0.2, 0.25) is 5.69 Å². The molecule has 32 heavy (non-hydrogen) atoms. The molecule has 2 aromatic heterocycles. The van der Waals surface area contributed by atoms with E-state index in [1.165, 1.54) is 57.1 Å². The molecule has 1 aliphatic carbocycles. The Morgan fingerprint density at radius 3 is 2.38 bits per heavy atom. The van der Waals surface area contributed by atoms with Crippen molar-refractivity contribution in [1.82, 2.24) is 0 Å². The Bertz CT molecular complexity index is 1370. The third-order valence-electron chi connectivity index (χ3n) is 7.89. The van der Waals surface area contributed by atoms with E-state index in [1.807, 2.05) is 0 Å². The Kier molecular flexibility index (Phi) is 4.61. The molecule has 166 valence electrons. The number of nitrogens with zero attached hydrogens (tertiary/aromatic N) is 1. The molecule has 2 nitrogen and oxygen atoms in total. The minimum atomic E-state index is 0.133. The summed E-state index contributed by atoms with van der Waals surface area (Å²) in [5.41, 5.74) is 10.4. The van der Waals surface area contributed by atoms with Crippen molar-refractivity contribution < 1.29 is 8.98 Å². The van der Waals surface area contributed by atoms with Crippen molar-refractivity contribution in [3.63, 3.8) is 0 Å². The fourth-order valence-electron chi connectivity index (χ4n) is 5.69. The van der Waals surface area contributed by atoms with Crippen LogP contribution >= 0.6 is 0 Å². The van der Waals surface area contributed by atoms with Crippen LogP contribution in [0.1, 0.15) is 82.6 Å². The molecule has 1 aliphatic rings. The van der Waals surface area contributed by atoms with Crippen LogP contribution in [0, 0.1) is 6.92 Å². The maximum absolute atomic E-state index is 6.69. The molecular formula is C30H36NO+. The van der Waals surface area contributed by atoms with E-state index in [-0.39, 0.29) is 10.8 Å². The zero-order chi connectivity index (χ0) is 23.0. The molecule has 0 saturated heterocycles. The molecule has 0 fully saturated rings. The van der Waals surface area contributed by atoms with E-state index in [2.05, 4.69) is 103 Å². The number of rotatable bonds is 2. The van der Waals surface area contributed by atoms with Gasteiger partial charge in [-0.15, -0.1) is 0 Å². The largest absolute Gasteiger partial charge is 0.455 e. The number of hydrogen-bond acceptors (Lipinski definition) is 1. The summed E-state index contributed by atoms with van der Waals surface area (Å²) in [6, 6.07) is 13.7. The van der Waals surface area contributed by atoms with Gasteiger partial charge in [-0.3, -0.25) is 0 Å². The Hall–Kier alpha value is -2.61. The van der Waals surface area contributed by atoms with Crippen LogP contribution in [-0.4, -0.2) is 0 Å². The van der Waals surface area contributed by atoms with Gasteiger partial charge in [0.05, 0.1) is 5.56 Å². The van der Waals surface area contributed by atoms with Crippen molar-refractivity contribution in [2.75, 3.05) is 0 Å². The van der Waals surface area contributed by atoms with Crippen LogP contribution < -0.4 is 4.57 Å². The Balaban J connectivity index is 1.90. The lowest BCUT2D eigenvalue weighted by atomic mass is 9.62. The highest BCUT2D eigenvalue weighted by molar-refractivity contribution is 6.12. The second-order valence-electron chi connectivity index (χ2n) is 11.5. The number of aromatic nitrogens is 1. The zero-order valence-electron chi connectivity index (χ0n) is 20.9. The summed E-state index contributed by atoms with van der Waals surface area (Å²) in [5.74, 6) is 0.486. The van der Waals surface area contributed by atoms with Gasteiger partial charge in [0.15, 0.2) is 6.20 Å². The Morgan fingerprint density at radius 2 is 1.66 bits per heavy atom. The average molecular weight is 427 g/mol. The van der Waals surface area contributed by atoms with Crippen LogP contribution in [0.3, 0.4) is 0 Å². The van der Waals surface area contributed by atoms with Crippen LogP contribution in [0.5, 0.6) is 0 Å². The first kappa shape index (κ1) is 21.2. The molecule has 5 rings (SSSR count). The van der Waals surface area contributed by atoms with Gasteiger partial charge in [0, 0.05) is 22.9 Å². The highest BCUT2D eigenvalue weighted by Crippen LogP contribution is 2.51. The smallest absolute Gasteiger partial charge is 0.216 e. The molecule has 0 amide bonds. The third-order valence-corrected chi connectivity index (χ3v) is 7.89. The normalized spacial score (nSPS) is 17.3. The first-order chi connectivity index (χ1) is 15.0. The van der Waals surface area contributed by atoms with Gasteiger partial charge in [-0.05, 0) is 64.8 Å². The fourth-order valence-corrected chi connectivity index (χ4v) is 5.69. The summed E-state index contributed by atoms with van der Waals surface area (Å²) < 4.78 is 8.91. The molecular weight excluding hydrogens is 390 g/mol. The molecule has 0 bridgehead atoms. The van der Waals surface area contributed by atoms with Crippen molar-refractivity contribution in [2.45, 2.75) is 78.1 Å². The highest BCUT2D eigenvalue weighted by Gasteiger charge is 2.39. The molecule has 0 N–H and O–H groups in total. The second-order valence-corrected chi connectivity index (χ2v) is 11.5.